The van der Waals surface area contributed by atoms with Gasteiger partial charge in [0.15, 0.2) is 0 Å². The van der Waals surface area contributed by atoms with Crippen LogP contribution in [-0.2, 0) is 14.3 Å². The maximum absolute atomic E-state index is 12.5. The van der Waals surface area contributed by atoms with Gasteiger partial charge in [-0.1, -0.05) is 0 Å². The van der Waals surface area contributed by atoms with Crippen LogP contribution in [0.3, 0.4) is 0 Å². The number of methoxy groups -OCH3 is 1. The molecule has 0 aromatic heterocycles. The highest BCUT2D eigenvalue weighted by molar-refractivity contribution is 5.94. The van der Waals surface area contributed by atoms with E-state index in [-0.39, 0.29) is 23.7 Å². The number of anilines is 1. The molecule has 1 saturated carbocycles. The molecular weight excluding hydrogens is 332 g/mol. The van der Waals surface area contributed by atoms with E-state index >= 15 is 0 Å². The fraction of sp³-hybridized carbons (Fsp3) is 0.550. The normalized spacial score (nSPS) is 19.5. The predicted molar refractivity (Wildman–Crippen MR) is 99.8 cm³/mol. The van der Waals surface area contributed by atoms with Gasteiger partial charge in [0.2, 0.25) is 11.8 Å². The molecule has 1 N–H and O–H groups in total. The predicted octanol–water partition coefficient (Wildman–Crippen LogP) is 3.09. The summed E-state index contributed by atoms with van der Waals surface area (Å²) in [5, 5.41) is 2.90. The van der Waals surface area contributed by atoms with Crippen LogP contribution in [0.25, 0.3) is 0 Å². The topological polar surface area (TPSA) is 75.7 Å². The molecule has 0 bridgehead atoms. The molecule has 1 aromatic rings. The minimum atomic E-state index is -0.404. The van der Waals surface area contributed by atoms with Crippen molar-refractivity contribution < 1.29 is 19.1 Å². The number of nitrogens with one attached hydrogen (secondary N) is 1. The van der Waals surface area contributed by atoms with Crippen molar-refractivity contribution in [2.24, 2.45) is 11.8 Å². The average Bonchev–Trinajstić information content (AvgIpc) is 2.68. The molecule has 2 amide bonds. The van der Waals surface area contributed by atoms with Crippen LogP contribution < -0.4 is 5.32 Å². The zero-order valence-electron chi connectivity index (χ0n) is 15.8. The van der Waals surface area contributed by atoms with Crippen LogP contribution in [0.5, 0.6) is 0 Å². The molecule has 6 nitrogen and oxygen atoms in total. The Morgan fingerprint density at radius 2 is 1.54 bits per heavy atom. The minimum Gasteiger partial charge on any atom is -0.465 e. The van der Waals surface area contributed by atoms with Gasteiger partial charge in [-0.25, -0.2) is 4.79 Å². The van der Waals surface area contributed by atoms with Gasteiger partial charge in [-0.3, -0.25) is 9.59 Å². The van der Waals surface area contributed by atoms with Crippen LogP contribution in [0.2, 0.25) is 0 Å². The van der Waals surface area contributed by atoms with Gasteiger partial charge < -0.3 is 15.0 Å². The van der Waals surface area contributed by atoms with Crippen LogP contribution in [0, 0.1) is 11.8 Å². The smallest absolute Gasteiger partial charge is 0.337 e. The molecule has 1 fully saturated rings. The van der Waals surface area contributed by atoms with Crippen LogP contribution in [0.1, 0.15) is 49.9 Å². The summed E-state index contributed by atoms with van der Waals surface area (Å²) >= 11 is 0. The van der Waals surface area contributed by atoms with E-state index in [2.05, 4.69) is 10.1 Å². The van der Waals surface area contributed by atoms with E-state index < -0.39 is 5.97 Å². The molecule has 26 heavy (non-hydrogen) atoms. The molecule has 0 atom stereocenters. The van der Waals surface area contributed by atoms with Crippen LogP contribution in [0.15, 0.2) is 24.3 Å². The second-order valence-electron chi connectivity index (χ2n) is 6.62. The lowest BCUT2D eigenvalue weighted by molar-refractivity contribution is -0.137. The molecule has 0 spiro atoms. The fourth-order valence-electron chi connectivity index (χ4n) is 3.45. The second kappa shape index (κ2) is 9.36. The molecule has 0 unspecified atom stereocenters. The Balaban J connectivity index is 1.86. The number of esters is 1. The number of nitrogens with zero attached hydrogens (tertiary/aromatic N) is 1. The standard InChI is InChI=1S/C20H28N2O4/c1-4-22(5-2)19(24)15-8-6-14(7-9-15)18(23)21-17-12-10-16(11-13-17)20(25)26-3/h10-15H,4-9H2,1-3H3,(H,21,23). The summed E-state index contributed by atoms with van der Waals surface area (Å²) in [7, 11) is 1.33. The Morgan fingerprint density at radius 1 is 1.00 bits per heavy atom. The summed E-state index contributed by atoms with van der Waals surface area (Å²) < 4.78 is 4.66. The van der Waals surface area contributed by atoms with Crippen LogP contribution in [0.4, 0.5) is 5.69 Å². The number of carbonyl (C=O) groups excluding carboxylic acids is 3. The maximum atomic E-state index is 12.5. The van der Waals surface area contributed by atoms with Gasteiger partial charge in [-0.15, -0.1) is 0 Å². The first-order valence-corrected chi connectivity index (χ1v) is 9.28. The van der Waals surface area contributed by atoms with Gasteiger partial charge in [0.1, 0.15) is 0 Å². The van der Waals surface area contributed by atoms with Gasteiger partial charge in [0.05, 0.1) is 12.7 Å². The number of hydrogen-bond donors (Lipinski definition) is 1. The molecule has 1 aliphatic rings. The second-order valence-corrected chi connectivity index (χ2v) is 6.62. The summed E-state index contributed by atoms with van der Waals surface area (Å²) in [5.41, 5.74) is 1.10. The lowest BCUT2D eigenvalue weighted by atomic mass is 9.81. The molecule has 0 heterocycles. The van der Waals surface area contributed by atoms with Crippen molar-refractivity contribution >= 4 is 23.5 Å². The molecule has 6 heteroatoms. The van der Waals surface area contributed by atoms with Gasteiger partial charge in [0.25, 0.3) is 0 Å². The summed E-state index contributed by atoms with van der Waals surface area (Å²) in [6.45, 7) is 5.45. The van der Waals surface area contributed by atoms with Gasteiger partial charge in [-0.2, -0.15) is 0 Å². The van der Waals surface area contributed by atoms with Crippen LogP contribution >= 0.6 is 0 Å². The molecule has 0 saturated heterocycles. The monoisotopic (exact) mass is 360 g/mol. The average molecular weight is 360 g/mol. The number of benzene rings is 1. The third-order valence-corrected chi connectivity index (χ3v) is 5.10. The zero-order chi connectivity index (χ0) is 19.1. The van der Waals surface area contributed by atoms with Gasteiger partial charge >= 0.3 is 5.97 Å². The Morgan fingerprint density at radius 3 is 2.04 bits per heavy atom. The van der Waals surface area contributed by atoms with E-state index in [1.54, 1.807) is 24.3 Å². The van der Waals surface area contributed by atoms with Crippen molar-refractivity contribution in [3.8, 4) is 0 Å². The van der Waals surface area contributed by atoms with Crippen molar-refractivity contribution in [3.63, 3.8) is 0 Å². The molecule has 142 valence electrons. The number of amides is 2. The van der Waals surface area contributed by atoms with Gasteiger partial charge in [-0.05, 0) is 63.8 Å². The van der Waals surface area contributed by atoms with Crippen molar-refractivity contribution in [2.75, 3.05) is 25.5 Å². The van der Waals surface area contributed by atoms with E-state index in [4.69, 9.17) is 0 Å². The molecule has 0 radical (unpaired) electrons. The maximum Gasteiger partial charge on any atom is 0.337 e. The van der Waals surface area contributed by atoms with Gasteiger partial charge in [0, 0.05) is 30.6 Å². The van der Waals surface area contributed by atoms with Crippen molar-refractivity contribution in [2.45, 2.75) is 39.5 Å². The summed E-state index contributed by atoms with van der Waals surface area (Å²) in [4.78, 5) is 38.2. The Hall–Kier alpha value is -2.37. The first-order valence-electron chi connectivity index (χ1n) is 9.28. The zero-order valence-corrected chi connectivity index (χ0v) is 15.8. The van der Waals surface area contributed by atoms with Crippen molar-refractivity contribution in [3.05, 3.63) is 29.8 Å². The highest BCUT2D eigenvalue weighted by Crippen LogP contribution is 2.31. The number of rotatable bonds is 6. The van der Waals surface area contributed by atoms with E-state index in [0.29, 0.717) is 11.3 Å². The summed E-state index contributed by atoms with van der Waals surface area (Å²) in [5.74, 6) is -0.245. The summed E-state index contributed by atoms with van der Waals surface area (Å²) in [6, 6.07) is 6.64. The number of carbonyl (C=O) groups is 3. The lowest BCUT2D eigenvalue weighted by Gasteiger charge is -2.30. The van der Waals surface area contributed by atoms with Crippen molar-refractivity contribution in [1.82, 2.24) is 4.90 Å². The molecule has 1 aliphatic carbocycles. The Bertz CT molecular complexity index is 630. The quantitative estimate of drug-likeness (QED) is 0.791. The van der Waals surface area contributed by atoms with E-state index in [9.17, 15) is 14.4 Å². The SMILES string of the molecule is CCN(CC)C(=O)C1CCC(C(=O)Nc2ccc(C(=O)OC)cc2)CC1. The Kier molecular flexibility index (Phi) is 7.18. The van der Waals surface area contributed by atoms with E-state index in [0.717, 1.165) is 38.8 Å². The van der Waals surface area contributed by atoms with E-state index in [1.165, 1.54) is 7.11 Å². The summed E-state index contributed by atoms with van der Waals surface area (Å²) in [6.07, 6.45) is 2.97. The molecule has 2 rings (SSSR count). The number of hydrogen-bond acceptors (Lipinski definition) is 4. The third kappa shape index (κ3) is 4.84. The third-order valence-electron chi connectivity index (χ3n) is 5.10. The van der Waals surface area contributed by atoms with Crippen molar-refractivity contribution in [1.29, 1.82) is 0 Å². The lowest BCUT2D eigenvalue weighted by Crippen LogP contribution is -2.38. The fourth-order valence-corrected chi connectivity index (χ4v) is 3.45. The largest absolute Gasteiger partial charge is 0.465 e. The Labute approximate surface area is 154 Å². The molecule has 1 aromatic carbocycles. The van der Waals surface area contributed by atoms with E-state index in [1.807, 2.05) is 18.7 Å². The minimum absolute atomic E-state index is 0.0236. The first kappa shape index (κ1) is 19.9. The first-order chi connectivity index (χ1) is 12.5. The molecule has 0 aliphatic heterocycles. The van der Waals surface area contributed by atoms with Crippen LogP contribution in [-0.4, -0.2) is 42.9 Å². The molecular formula is C20H28N2O4. The number of ether oxygens (including phenoxy) is 1. The highest BCUT2D eigenvalue weighted by Gasteiger charge is 2.31. The highest BCUT2D eigenvalue weighted by atomic mass is 16.5.